The number of aryl methyl sites for hydroxylation is 1. The summed E-state index contributed by atoms with van der Waals surface area (Å²) in [4.78, 5) is 4.49. The summed E-state index contributed by atoms with van der Waals surface area (Å²) in [6, 6.07) is 9.34. The second-order valence-electron chi connectivity index (χ2n) is 4.30. The molecule has 2 aromatic rings. The Hall–Kier alpha value is -2.08. The molecule has 0 bridgehead atoms. The van der Waals surface area contributed by atoms with Gasteiger partial charge in [-0.3, -0.25) is 0 Å². The second-order valence-corrected chi connectivity index (χ2v) is 4.30. The van der Waals surface area contributed by atoms with Crippen LogP contribution in [0.3, 0.4) is 0 Å². The number of hydrogen-bond acceptors (Lipinski definition) is 3. The first-order valence-corrected chi connectivity index (χ1v) is 5.59. The first-order chi connectivity index (χ1) is 8.11. The minimum Gasteiger partial charge on any atom is -0.441 e. The van der Waals surface area contributed by atoms with E-state index in [-0.39, 0.29) is 0 Å². The molecule has 3 nitrogen and oxygen atoms in total. The van der Waals surface area contributed by atoms with Gasteiger partial charge in [-0.05, 0) is 37.1 Å². The standard InChI is InChI=1S/C14H14N2O/c1-9(2)13-10(3)17-14(16-13)12-6-4-11(8-15)5-7-12/h4-7,9H,1-3H3. The van der Waals surface area contributed by atoms with Crippen molar-refractivity contribution in [1.29, 1.82) is 5.26 Å². The van der Waals surface area contributed by atoms with Crippen molar-refractivity contribution >= 4 is 0 Å². The smallest absolute Gasteiger partial charge is 0.226 e. The summed E-state index contributed by atoms with van der Waals surface area (Å²) >= 11 is 0. The molecule has 0 saturated carbocycles. The molecule has 1 aromatic carbocycles. The van der Waals surface area contributed by atoms with Gasteiger partial charge in [-0.15, -0.1) is 0 Å². The van der Waals surface area contributed by atoms with Gasteiger partial charge < -0.3 is 4.42 Å². The maximum atomic E-state index is 8.73. The summed E-state index contributed by atoms with van der Waals surface area (Å²) in [5.41, 5.74) is 2.53. The van der Waals surface area contributed by atoms with Crippen LogP contribution in [0.1, 0.15) is 36.8 Å². The highest BCUT2D eigenvalue weighted by Crippen LogP contribution is 2.25. The highest BCUT2D eigenvalue weighted by atomic mass is 16.4. The van der Waals surface area contributed by atoms with E-state index >= 15 is 0 Å². The molecule has 1 aromatic heterocycles. The van der Waals surface area contributed by atoms with Crippen molar-refractivity contribution in [2.24, 2.45) is 0 Å². The molecular formula is C14H14N2O. The molecule has 0 saturated heterocycles. The molecule has 0 aliphatic rings. The SMILES string of the molecule is Cc1oc(-c2ccc(C#N)cc2)nc1C(C)C. The quantitative estimate of drug-likeness (QED) is 0.785. The maximum Gasteiger partial charge on any atom is 0.226 e. The van der Waals surface area contributed by atoms with Crippen LogP contribution in [0.25, 0.3) is 11.5 Å². The van der Waals surface area contributed by atoms with Crippen molar-refractivity contribution in [1.82, 2.24) is 4.98 Å². The van der Waals surface area contributed by atoms with Gasteiger partial charge in [-0.2, -0.15) is 5.26 Å². The van der Waals surface area contributed by atoms with Crippen LogP contribution in [0.4, 0.5) is 0 Å². The molecule has 3 heteroatoms. The molecule has 0 amide bonds. The van der Waals surface area contributed by atoms with E-state index in [1.165, 1.54) is 0 Å². The van der Waals surface area contributed by atoms with Gasteiger partial charge in [-0.1, -0.05) is 13.8 Å². The predicted octanol–water partition coefficient (Wildman–Crippen LogP) is 3.65. The molecule has 0 spiro atoms. The number of oxazole rings is 1. The third kappa shape index (κ3) is 2.21. The van der Waals surface area contributed by atoms with E-state index in [4.69, 9.17) is 9.68 Å². The van der Waals surface area contributed by atoms with Gasteiger partial charge in [-0.25, -0.2) is 4.98 Å². The summed E-state index contributed by atoms with van der Waals surface area (Å²) in [6.45, 7) is 6.11. The molecule has 0 aliphatic heterocycles. The lowest BCUT2D eigenvalue weighted by atomic mass is 10.1. The van der Waals surface area contributed by atoms with Crippen LogP contribution in [-0.2, 0) is 0 Å². The molecular weight excluding hydrogens is 212 g/mol. The van der Waals surface area contributed by atoms with Gasteiger partial charge in [0.15, 0.2) is 0 Å². The van der Waals surface area contributed by atoms with E-state index in [1.807, 2.05) is 19.1 Å². The second kappa shape index (κ2) is 4.42. The zero-order chi connectivity index (χ0) is 12.4. The van der Waals surface area contributed by atoms with Crippen molar-refractivity contribution in [3.05, 3.63) is 41.3 Å². The third-order valence-electron chi connectivity index (χ3n) is 2.64. The molecule has 0 unspecified atom stereocenters. The average Bonchev–Trinajstić information content (AvgIpc) is 2.71. The van der Waals surface area contributed by atoms with E-state index in [1.54, 1.807) is 12.1 Å². The fourth-order valence-corrected chi connectivity index (χ4v) is 1.75. The van der Waals surface area contributed by atoms with Gasteiger partial charge in [0.2, 0.25) is 5.89 Å². The molecule has 0 fully saturated rings. The lowest BCUT2D eigenvalue weighted by Gasteiger charge is -1.97. The summed E-state index contributed by atoms with van der Waals surface area (Å²) in [5, 5.41) is 8.73. The zero-order valence-electron chi connectivity index (χ0n) is 10.2. The minimum atomic E-state index is 0.353. The molecule has 0 atom stereocenters. The Morgan fingerprint density at radius 3 is 2.35 bits per heavy atom. The fraction of sp³-hybridized carbons (Fsp3) is 0.286. The minimum absolute atomic E-state index is 0.353. The van der Waals surface area contributed by atoms with Gasteiger partial charge >= 0.3 is 0 Å². The van der Waals surface area contributed by atoms with E-state index in [2.05, 4.69) is 24.9 Å². The average molecular weight is 226 g/mol. The van der Waals surface area contributed by atoms with Crippen molar-refractivity contribution in [2.75, 3.05) is 0 Å². The number of hydrogen-bond donors (Lipinski definition) is 0. The largest absolute Gasteiger partial charge is 0.441 e. The Labute approximate surface area is 101 Å². The summed E-state index contributed by atoms with van der Waals surface area (Å²) in [7, 11) is 0. The van der Waals surface area contributed by atoms with Crippen LogP contribution in [0, 0.1) is 18.3 Å². The van der Waals surface area contributed by atoms with Crippen LogP contribution in [0.5, 0.6) is 0 Å². The van der Waals surface area contributed by atoms with E-state index in [9.17, 15) is 0 Å². The van der Waals surface area contributed by atoms with E-state index in [0.717, 1.165) is 17.0 Å². The number of nitrogens with zero attached hydrogens (tertiary/aromatic N) is 2. The van der Waals surface area contributed by atoms with Gasteiger partial charge in [0.25, 0.3) is 0 Å². The Kier molecular flexibility index (Phi) is 2.97. The Morgan fingerprint density at radius 2 is 1.88 bits per heavy atom. The van der Waals surface area contributed by atoms with E-state index in [0.29, 0.717) is 17.4 Å². The van der Waals surface area contributed by atoms with Crippen LogP contribution >= 0.6 is 0 Å². The van der Waals surface area contributed by atoms with Crippen molar-refractivity contribution < 1.29 is 4.42 Å². The summed E-state index contributed by atoms with van der Waals surface area (Å²) < 4.78 is 5.64. The Morgan fingerprint density at radius 1 is 1.24 bits per heavy atom. The normalized spacial score (nSPS) is 10.5. The Balaban J connectivity index is 2.40. The molecule has 0 aliphatic carbocycles. The van der Waals surface area contributed by atoms with E-state index < -0.39 is 0 Å². The molecule has 86 valence electrons. The van der Waals surface area contributed by atoms with Gasteiger partial charge in [0.1, 0.15) is 5.76 Å². The summed E-state index contributed by atoms with van der Waals surface area (Å²) in [6.07, 6.45) is 0. The highest BCUT2D eigenvalue weighted by molar-refractivity contribution is 5.55. The zero-order valence-corrected chi connectivity index (χ0v) is 10.2. The molecule has 0 N–H and O–H groups in total. The topological polar surface area (TPSA) is 49.8 Å². The van der Waals surface area contributed by atoms with Crippen molar-refractivity contribution in [2.45, 2.75) is 26.7 Å². The van der Waals surface area contributed by atoms with Crippen LogP contribution in [0.15, 0.2) is 28.7 Å². The number of aromatic nitrogens is 1. The molecule has 2 rings (SSSR count). The monoisotopic (exact) mass is 226 g/mol. The van der Waals surface area contributed by atoms with Crippen molar-refractivity contribution in [3.8, 4) is 17.5 Å². The summed E-state index contributed by atoms with van der Waals surface area (Å²) in [5.74, 6) is 1.83. The van der Waals surface area contributed by atoms with Crippen LogP contribution in [-0.4, -0.2) is 4.98 Å². The maximum absolute atomic E-state index is 8.73. The molecule has 1 heterocycles. The number of rotatable bonds is 2. The molecule has 17 heavy (non-hydrogen) atoms. The van der Waals surface area contributed by atoms with Gasteiger partial charge in [0.05, 0.1) is 17.3 Å². The highest BCUT2D eigenvalue weighted by Gasteiger charge is 2.13. The molecule has 0 radical (unpaired) electrons. The first kappa shape index (κ1) is 11.4. The Bertz CT molecular complexity index is 559. The van der Waals surface area contributed by atoms with Gasteiger partial charge in [0, 0.05) is 5.56 Å². The number of benzene rings is 1. The van der Waals surface area contributed by atoms with Crippen molar-refractivity contribution in [3.63, 3.8) is 0 Å². The fourth-order valence-electron chi connectivity index (χ4n) is 1.75. The third-order valence-corrected chi connectivity index (χ3v) is 2.64. The van der Waals surface area contributed by atoms with Crippen LogP contribution < -0.4 is 0 Å². The first-order valence-electron chi connectivity index (χ1n) is 5.59. The predicted molar refractivity (Wildman–Crippen MR) is 65.5 cm³/mol. The number of nitriles is 1. The lowest BCUT2D eigenvalue weighted by Crippen LogP contribution is -1.89. The van der Waals surface area contributed by atoms with Crippen LogP contribution in [0.2, 0.25) is 0 Å². The lowest BCUT2D eigenvalue weighted by molar-refractivity contribution is 0.537.